The SMILES string of the molecule is C[C@@H](OC(=O)C(N)COC(=O)[C@@H](N)CO)[C@H](N)C(=O)O. The molecule has 20 heavy (non-hydrogen) atoms. The van der Waals surface area contributed by atoms with Crippen molar-refractivity contribution in [2.75, 3.05) is 13.2 Å². The van der Waals surface area contributed by atoms with Crippen molar-refractivity contribution < 1.29 is 34.1 Å². The van der Waals surface area contributed by atoms with Crippen LogP contribution in [-0.4, -0.2) is 65.6 Å². The standard InChI is InChI=1S/C10H19N3O7/c1-4(7(13)8(15)16)20-10(18)6(12)3-19-9(17)5(11)2-14/h4-7,14H,2-3,11-13H2,1H3,(H,15,16)/t4-,5+,6?,7+/m1/s1. The molecular formula is C10H19N3O7. The molecule has 1 unspecified atom stereocenters. The van der Waals surface area contributed by atoms with Crippen LogP contribution < -0.4 is 17.2 Å². The number of carbonyl (C=O) groups excluding carboxylic acids is 2. The third kappa shape index (κ3) is 5.93. The van der Waals surface area contributed by atoms with Gasteiger partial charge in [0, 0.05) is 0 Å². The fraction of sp³-hybridized carbons (Fsp3) is 0.700. The summed E-state index contributed by atoms with van der Waals surface area (Å²) in [5, 5.41) is 17.2. The molecule has 0 saturated heterocycles. The summed E-state index contributed by atoms with van der Waals surface area (Å²) in [4.78, 5) is 33.1. The summed E-state index contributed by atoms with van der Waals surface area (Å²) in [7, 11) is 0. The molecule has 0 amide bonds. The van der Waals surface area contributed by atoms with Crippen LogP contribution in [0.15, 0.2) is 0 Å². The summed E-state index contributed by atoms with van der Waals surface area (Å²) < 4.78 is 9.28. The highest BCUT2D eigenvalue weighted by Gasteiger charge is 2.27. The van der Waals surface area contributed by atoms with E-state index in [9.17, 15) is 14.4 Å². The molecule has 0 aliphatic carbocycles. The third-order valence-corrected chi connectivity index (χ3v) is 2.30. The number of carbonyl (C=O) groups is 3. The van der Waals surface area contributed by atoms with E-state index in [4.69, 9.17) is 32.2 Å². The lowest BCUT2D eigenvalue weighted by molar-refractivity contribution is -0.157. The van der Waals surface area contributed by atoms with Gasteiger partial charge in [-0.15, -0.1) is 0 Å². The lowest BCUT2D eigenvalue weighted by atomic mass is 10.2. The number of ether oxygens (including phenoxy) is 2. The molecule has 0 spiro atoms. The summed E-state index contributed by atoms with van der Waals surface area (Å²) in [5.41, 5.74) is 15.8. The van der Waals surface area contributed by atoms with Crippen LogP contribution in [0.2, 0.25) is 0 Å². The summed E-state index contributed by atoms with van der Waals surface area (Å²) >= 11 is 0. The maximum atomic E-state index is 11.5. The molecule has 0 radical (unpaired) electrons. The first kappa shape index (κ1) is 18.2. The lowest BCUT2D eigenvalue weighted by Crippen LogP contribution is -2.47. The highest BCUT2D eigenvalue weighted by molar-refractivity contribution is 5.79. The third-order valence-electron chi connectivity index (χ3n) is 2.30. The molecule has 0 fully saturated rings. The Morgan fingerprint density at radius 2 is 1.65 bits per heavy atom. The van der Waals surface area contributed by atoms with Crippen molar-refractivity contribution in [3.05, 3.63) is 0 Å². The zero-order chi connectivity index (χ0) is 15.9. The van der Waals surface area contributed by atoms with E-state index < -0.39 is 55.4 Å². The van der Waals surface area contributed by atoms with Gasteiger partial charge in [0.05, 0.1) is 6.61 Å². The lowest BCUT2D eigenvalue weighted by Gasteiger charge is -2.19. The number of aliphatic carboxylic acids is 1. The van der Waals surface area contributed by atoms with Crippen molar-refractivity contribution in [1.82, 2.24) is 0 Å². The molecule has 116 valence electrons. The molecule has 0 aromatic heterocycles. The predicted molar refractivity (Wildman–Crippen MR) is 65.2 cm³/mol. The van der Waals surface area contributed by atoms with Crippen LogP contribution in [0.1, 0.15) is 6.92 Å². The van der Waals surface area contributed by atoms with E-state index in [1.807, 2.05) is 0 Å². The van der Waals surface area contributed by atoms with Crippen LogP contribution in [-0.2, 0) is 23.9 Å². The minimum absolute atomic E-state index is 0.513. The van der Waals surface area contributed by atoms with E-state index in [0.717, 1.165) is 0 Å². The average Bonchev–Trinajstić information content (AvgIpc) is 2.41. The first-order chi connectivity index (χ1) is 9.20. The van der Waals surface area contributed by atoms with Crippen molar-refractivity contribution >= 4 is 17.9 Å². The van der Waals surface area contributed by atoms with Gasteiger partial charge in [0.1, 0.15) is 30.8 Å². The number of nitrogens with two attached hydrogens (primary N) is 3. The van der Waals surface area contributed by atoms with Gasteiger partial charge in [-0.05, 0) is 6.92 Å². The van der Waals surface area contributed by atoms with Crippen LogP contribution in [0.4, 0.5) is 0 Å². The van der Waals surface area contributed by atoms with E-state index >= 15 is 0 Å². The van der Waals surface area contributed by atoms with Crippen LogP contribution >= 0.6 is 0 Å². The van der Waals surface area contributed by atoms with Crippen molar-refractivity contribution in [2.45, 2.75) is 31.2 Å². The van der Waals surface area contributed by atoms with Gasteiger partial charge in [-0.25, -0.2) is 0 Å². The number of hydrogen-bond donors (Lipinski definition) is 5. The van der Waals surface area contributed by atoms with Crippen molar-refractivity contribution in [2.24, 2.45) is 17.2 Å². The highest BCUT2D eigenvalue weighted by Crippen LogP contribution is 2.00. The Hall–Kier alpha value is -1.75. The molecule has 0 rings (SSSR count). The van der Waals surface area contributed by atoms with Gasteiger partial charge in [-0.3, -0.25) is 14.4 Å². The average molecular weight is 293 g/mol. The molecule has 4 atom stereocenters. The normalized spacial score (nSPS) is 16.6. The van der Waals surface area contributed by atoms with Gasteiger partial charge < -0.3 is 36.9 Å². The number of rotatable bonds is 8. The Kier molecular flexibility index (Phi) is 7.69. The van der Waals surface area contributed by atoms with E-state index in [1.165, 1.54) is 6.92 Å². The van der Waals surface area contributed by atoms with Gasteiger partial charge in [-0.2, -0.15) is 0 Å². The molecule has 0 aliphatic heterocycles. The molecule has 0 aromatic rings. The zero-order valence-corrected chi connectivity index (χ0v) is 10.9. The minimum Gasteiger partial charge on any atom is -0.480 e. The highest BCUT2D eigenvalue weighted by atomic mass is 16.6. The molecule has 8 N–H and O–H groups in total. The van der Waals surface area contributed by atoms with Gasteiger partial charge in [0.2, 0.25) is 0 Å². The van der Waals surface area contributed by atoms with Gasteiger partial charge in [0.15, 0.2) is 0 Å². The Labute approximate surface area is 114 Å². The van der Waals surface area contributed by atoms with Crippen molar-refractivity contribution in [3.63, 3.8) is 0 Å². The number of esters is 2. The predicted octanol–water partition coefficient (Wildman–Crippen LogP) is -3.48. The first-order valence-electron chi connectivity index (χ1n) is 5.68. The summed E-state index contributed by atoms with van der Waals surface area (Å²) in [6.07, 6.45) is -1.10. The summed E-state index contributed by atoms with van der Waals surface area (Å²) in [6, 6.07) is -3.93. The number of hydrogen-bond acceptors (Lipinski definition) is 9. The monoisotopic (exact) mass is 293 g/mol. The van der Waals surface area contributed by atoms with E-state index in [2.05, 4.69) is 4.74 Å². The topological polar surface area (TPSA) is 188 Å². The maximum Gasteiger partial charge on any atom is 0.326 e. The fourth-order valence-electron chi connectivity index (χ4n) is 0.966. The molecule has 10 nitrogen and oxygen atoms in total. The zero-order valence-electron chi connectivity index (χ0n) is 10.9. The van der Waals surface area contributed by atoms with Crippen LogP contribution in [0.25, 0.3) is 0 Å². The second-order valence-electron chi connectivity index (χ2n) is 4.03. The Bertz CT molecular complexity index is 363. The molecular weight excluding hydrogens is 274 g/mol. The molecule has 0 heterocycles. The second kappa shape index (κ2) is 8.43. The van der Waals surface area contributed by atoms with Crippen LogP contribution in [0.3, 0.4) is 0 Å². The maximum absolute atomic E-state index is 11.5. The number of aliphatic hydroxyl groups excluding tert-OH is 1. The summed E-state index contributed by atoms with van der Waals surface area (Å²) in [6.45, 7) is 0.167. The second-order valence-corrected chi connectivity index (χ2v) is 4.03. The van der Waals surface area contributed by atoms with Crippen molar-refractivity contribution in [1.29, 1.82) is 0 Å². The Balaban J connectivity index is 4.22. The number of carboxylic acids is 1. The van der Waals surface area contributed by atoms with E-state index in [0.29, 0.717) is 0 Å². The van der Waals surface area contributed by atoms with Crippen LogP contribution in [0, 0.1) is 0 Å². The van der Waals surface area contributed by atoms with E-state index in [1.54, 1.807) is 0 Å². The molecule has 0 bridgehead atoms. The van der Waals surface area contributed by atoms with Crippen molar-refractivity contribution in [3.8, 4) is 0 Å². The minimum atomic E-state index is -1.39. The molecule has 0 aliphatic rings. The molecule has 0 aromatic carbocycles. The Morgan fingerprint density at radius 3 is 2.10 bits per heavy atom. The van der Waals surface area contributed by atoms with Gasteiger partial charge >= 0.3 is 17.9 Å². The smallest absolute Gasteiger partial charge is 0.326 e. The molecule has 0 saturated carbocycles. The fourth-order valence-corrected chi connectivity index (χ4v) is 0.966. The Morgan fingerprint density at radius 1 is 1.10 bits per heavy atom. The largest absolute Gasteiger partial charge is 0.480 e. The number of aliphatic hydroxyl groups is 1. The quantitative estimate of drug-likeness (QED) is 0.281. The van der Waals surface area contributed by atoms with Crippen LogP contribution in [0.5, 0.6) is 0 Å². The summed E-state index contributed by atoms with van der Waals surface area (Å²) in [5.74, 6) is -3.23. The van der Waals surface area contributed by atoms with E-state index in [-0.39, 0.29) is 0 Å². The van der Waals surface area contributed by atoms with Gasteiger partial charge in [-0.1, -0.05) is 0 Å². The first-order valence-corrected chi connectivity index (χ1v) is 5.68. The van der Waals surface area contributed by atoms with Gasteiger partial charge in [0.25, 0.3) is 0 Å². The molecule has 10 heteroatoms. The number of carboxylic acid groups (broad SMARTS) is 1.